The van der Waals surface area contributed by atoms with Gasteiger partial charge < -0.3 is 10.6 Å². The Morgan fingerprint density at radius 3 is 2.67 bits per heavy atom. The van der Waals surface area contributed by atoms with E-state index in [-0.39, 0.29) is 5.91 Å². The fourth-order valence-electron chi connectivity index (χ4n) is 3.37. The van der Waals surface area contributed by atoms with E-state index in [9.17, 15) is 4.79 Å². The Kier molecular flexibility index (Phi) is 4.47. The Morgan fingerprint density at radius 2 is 2.04 bits per heavy atom. The van der Waals surface area contributed by atoms with Gasteiger partial charge in [-0.1, -0.05) is 25.4 Å². The molecule has 0 aliphatic carbocycles. The number of nitrogens with zero attached hydrogens (tertiary/aromatic N) is 5. The third-order valence-electron chi connectivity index (χ3n) is 4.78. The van der Waals surface area contributed by atoms with E-state index < -0.39 is 0 Å². The first-order chi connectivity index (χ1) is 13.0. The molecule has 1 fully saturated rings. The number of carbonyl (C=O) groups is 1. The van der Waals surface area contributed by atoms with Crippen molar-refractivity contribution in [1.82, 2.24) is 24.4 Å². The number of fused-ring (bicyclic) bond motifs is 1. The Labute approximate surface area is 162 Å². The van der Waals surface area contributed by atoms with Crippen LogP contribution in [0.4, 0.5) is 5.82 Å². The highest BCUT2D eigenvalue weighted by atomic mass is 35.5. The van der Waals surface area contributed by atoms with Crippen molar-refractivity contribution in [3.8, 4) is 5.82 Å². The number of hydrogen-bond acceptors (Lipinski definition) is 5. The second-order valence-electron chi connectivity index (χ2n) is 7.24. The zero-order chi connectivity index (χ0) is 19.1. The summed E-state index contributed by atoms with van der Waals surface area (Å²) >= 11 is 6.61. The van der Waals surface area contributed by atoms with Gasteiger partial charge >= 0.3 is 0 Å². The van der Waals surface area contributed by atoms with Crippen molar-refractivity contribution < 1.29 is 4.79 Å². The van der Waals surface area contributed by atoms with E-state index in [4.69, 9.17) is 17.3 Å². The van der Waals surface area contributed by atoms with Crippen LogP contribution < -0.4 is 5.73 Å². The molecule has 0 saturated carbocycles. The van der Waals surface area contributed by atoms with E-state index in [1.54, 1.807) is 18.5 Å². The van der Waals surface area contributed by atoms with Crippen LogP contribution in [0.5, 0.6) is 0 Å². The lowest BCUT2D eigenvalue weighted by Crippen LogP contribution is -2.42. The highest BCUT2D eigenvalue weighted by molar-refractivity contribution is 6.35. The van der Waals surface area contributed by atoms with Crippen LogP contribution in [0.2, 0.25) is 5.02 Å². The van der Waals surface area contributed by atoms with Gasteiger partial charge in [0, 0.05) is 19.2 Å². The number of carbonyl (C=O) groups excluding carboxylic acids is 1. The topological polar surface area (TPSA) is 89.9 Å². The number of nitrogen functional groups attached to an aromatic ring is 1. The lowest BCUT2D eigenvalue weighted by atomic mass is 9.95. The molecule has 3 aromatic rings. The Hall–Kier alpha value is -2.67. The van der Waals surface area contributed by atoms with E-state index in [0.717, 1.165) is 42.5 Å². The molecule has 2 N–H and O–H groups in total. The summed E-state index contributed by atoms with van der Waals surface area (Å²) in [7, 11) is 0. The molecular formula is C19H21ClN6O. The summed E-state index contributed by atoms with van der Waals surface area (Å²) in [4.78, 5) is 27.6. The summed E-state index contributed by atoms with van der Waals surface area (Å²) in [6, 6.07) is 3.47. The maximum Gasteiger partial charge on any atom is 0.255 e. The van der Waals surface area contributed by atoms with Gasteiger partial charge in [-0.15, -0.1) is 0 Å². The number of likely N-dealkylation sites (tertiary alicyclic amines) is 1. The first kappa shape index (κ1) is 17.7. The predicted molar refractivity (Wildman–Crippen MR) is 105 cm³/mol. The molecule has 0 radical (unpaired) electrons. The van der Waals surface area contributed by atoms with E-state index in [2.05, 4.69) is 28.8 Å². The van der Waals surface area contributed by atoms with Crippen LogP contribution in [0, 0.1) is 5.92 Å². The predicted octanol–water partition coefficient (Wildman–Crippen LogP) is 3.10. The van der Waals surface area contributed by atoms with Crippen LogP contribution in [-0.2, 0) is 6.42 Å². The van der Waals surface area contributed by atoms with Crippen LogP contribution in [0.15, 0.2) is 24.8 Å². The second kappa shape index (κ2) is 6.81. The zero-order valence-corrected chi connectivity index (χ0v) is 16.1. The fourth-order valence-corrected chi connectivity index (χ4v) is 3.67. The molecule has 140 valence electrons. The number of hydrogen-bond donors (Lipinski definition) is 1. The molecule has 1 saturated heterocycles. The summed E-state index contributed by atoms with van der Waals surface area (Å²) in [6.07, 6.45) is 4.85. The van der Waals surface area contributed by atoms with E-state index >= 15 is 0 Å². The van der Waals surface area contributed by atoms with Gasteiger partial charge in [-0.2, -0.15) is 0 Å². The molecule has 0 unspecified atom stereocenters. The largest absolute Gasteiger partial charge is 0.384 e. The van der Waals surface area contributed by atoms with E-state index in [0.29, 0.717) is 28.1 Å². The maximum atomic E-state index is 13.0. The number of halogens is 1. The molecule has 1 aliphatic heterocycles. The monoisotopic (exact) mass is 384 g/mol. The number of aromatic nitrogens is 4. The quantitative estimate of drug-likeness (QED) is 0.746. The molecule has 2 aromatic heterocycles. The molecule has 4 rings (SSSR count). The lowest BCUT2D eigenvalue weighted by Gasteiger charge is -2.32. The Morgan fingerprint density at radius 1 is 1.26 bits per heavy atom. The molecule has 3 heterocycles. The number of amides is 1. The van der Waals surface area contributed by atoms with E-state index in [1.807, 2.05) is 9.47 Å². The Bertz CT molecular complexity index is 1020. The average Bonchev–Trinajstić information content (AvgIpc) is 2.96. The highest BCUT2D eigenvalue weighted by Crippen LogP contribution is 2.33. The molecular weight excluding hydrogens is 364 g/mol. The molecule has 0 spiro atoms. The van der Waals surface area contributed by atoms with Gasteiger partial charge in [0.1, 0.15) is 24.3 Å². The second-order valence-corrected chi connectivity index (χ2v) is 7.65. The van der Waals surface area contributed by atoms with Crippen molar-refractivity contribution in [3.63, 3.8) is 0 Å². The maximum absolute atomic E-state index is 13.0. The SMILES string of the molecule is CC(C)Cc1c(C(=O)N2CCC2)c(Cl)cc2c1ncn2-c1cc(N)ncn1. The first-order valence-corrected chi connectivity index (χ1v) is 9.39. The van der Waals surface area contributed by atoms with Crippen molar-refractivity contribution in [3.05, 3.63) is 40.9 Å². The van der Waals surface area contributed by atoms with Gasteiger partial charge in [-0.3, -0.25) is 9.36 Å². The molecule has 0 atom stereocenters. The summed E-state index contributed by atoms with van der Waals surface area (Å²) in [5, 5.41) is 0.443. The van der Waals surface area contributed by atoms with Crippen molar-refractivity contribution >= 4 is 34.4 Å². The van der Waals surface area contributed by atoms with Gasteiger partial charge in [-0.25, -0.2) is 15.0 Å². The normalized spacial score (nSPS) is 14.0. The molecule has 8 heteroatoms. The van der Waals surface area contributed by atoms with E-state index in [1.165, 1.54) is 6.33 Å². The lowest BCUT2D eigenvalue weighted by molar-refractivity contribution is 0.0651. The number of benzene rings is 1. The minimum absolute atomic E-state index is 0.00960. The summed E-state index contributed by atoms with van der Waals surface area (Å²) in [5.74, 6) is 1.33. The molecule has 1 aromatic carbocycles. The summed E-state index contributed by atoms with van der Waals surface area (Å²) < 4.78 is 1.82. The minimum atomic E-state index is -0.00960. The summed E-state index contributed by atoms with van der Waals surface area (Å²) in [6.45, 7) is 5.80. The van der Waals surface area contributed by atoms with Gasteiger partial charge in [0.15, 0.2) is 0 Å². The zero-order valence-electron chi connectivity index (χ0n) is 15.3. The minimum Gasteiger partial charge on any atom is -0.384 e. The van der Waals surface area contributed by atoms with Crippen LogP contribution >= 0.6 is 11.6 Å². The van der Waals surface area contributed by atoms with Crippen LogP contribution in [0.25, 0.3) is 16.9 Å². The van der Waals surface area contributed by atoms with Gasteiger partial charge in [0.2, 0.25) is 0 Å². The third kappa shape index (κ3) is 3.12. The van der Waals surface area contributed by atoms with Crippen LogP contribution in [0.3, 0.4) is 0 Å². The van der Waals surface area contributed by atoms with Crippen molar-refractivity contribution in [2.45, 2.75) is 26.7 Å². The smallest absolute Gasteiger partial charge is 0.255 e. The van der Waals surface area contributed by atoms with Gasteiger partial charge in [0.05, 0.1) is 21.6 Å². The van der Waals surface area contributed by atoms with Gasteiger partial charge in [0.25, 0.3) is 5.91 Å². The highest BCUT2D eigenvalue weighted by Gasteiger charge is 2.28. The number of imidazole rings is 1. The first-order valence-electron chi connectivity index (χ1n) is 9.01. The molecule has 27 heavy (non-hydrogen) atoms. The average molecular weight is 385 g/mol. The third-order valence-corrected chi connectivity index (χ3v) is 5.08. The molecule has 0 bridgehead atoms. The standard InChI is InChI=1S/C19H21ClN6O/c1-11(2)6-12-17(19(27)25-4-3-5-25)13(20)7-14-18(12)24-10-26(14)16-8-15(21)22-9-23-16/h7-11H,3-6H2,1-2H3,(H2,21,22,23). The number of anilines is 1. The van der Waals surface area contributed by atoms with Crippen LogP contribution in [-0.4, -0.2) is 43.4 Å². The Balaban J connectivity index is 1.92. The van der Waals surface area contributed by atoms with Crippen LogP contribution in [0.1, 0.15) is 36.2 Å². The molecule has 1 amide bonds. The fraction of sp³-hybridized carbons (Fsp3) is 0.368. The van der Waals surface area contributed by atoms with Crippen molar-refractivity contribution in [2.75, 3.05) is 18.8 Å². The molecule has 1 aliphatic rings. The van der Waals surface area contributed by atoms with Crippen molar-refractivity contribution in [2.24, 2.45) is 5.92 Å². The van der Waals surface area contributed by atoms with Gasteiger partial charge in [-0.05, 0) is 30.4 Å². The summed E-state index contributed by atoms with van der Waals surface area (Å²) in [5.41, 5.74) is 8.83. The molecule has 7 nitrogen and oxygen atoms in total. The number of rotatable bonds is 4. The van der Waals surface area contributed by atoms with Crippen molar-refractivity contribution in [1.29, 1.82) is 0 Å². The number of nitrogens with two attached hydrogens (primary N) is 1.